The summed E-state index contributed by atoms with van der Waals surface area (Å²) in [6, 6.07) is -0.163. The van der Waals surface area contributed by atoms with Gasteiger partial charge in [-0.3, -0.25) is 0 Å². The van der Waals surface area contributed by atoms with Crippen LogP contribution in [0.25, 0.3) is 0 Å². The summed E-state index contributed by atoms with van der Waals surface area (Å²) in [6.45, 7) is 5.76. The van der Waals surface area contributed by atoms with Gasteiger partial charge in [-0.05, 0) is 6.42 Å². The predicted octanol–water partition coefficient (Wildman–Crippen LogP) is 1.52. The van der Waals surface area contributed by atoms with Gasteiger partial charge in [0.2, 0.25) is 0 Å². The third-order valence-corrected chi connectivity index (χ3v) is 3.75. The largest absolute Gasteiger partial charge is 0.279 e. The van der Waals surface area contributed by atoms with Crippen molar-refractivity contribution >= 4 is 10.2 Å². The Morgan fingerprint density at radius 3 is 2.40 bits per heavy atom. The van der Waals surface area contributed by atoms with Gasteiger partial charge in [-0.1, -0.05) is 32.3 Å². The van der Waals surface area contributed by atoms with E-state index in [0.717, 1.165) is 25.7 Å². The number of rotatable bonds is 8. The number of hydrogen-bond acceptors (Lipinski definition) is 2. The van der Waals surface area contributed by atoms with E-state index in [1.54, 1.807) is 6.08 Å². The first-order valence-corrected chi connectivity index (χ1v) is 6.70. The smallest absolute Gasteiger partial charge is 0.195 e. The van der Waals surface area contributed by atoms with Gasteiger partial charge < -0.3 is 0 Å². The second-order valence-electron chi connectivity index (χ2n) is 3.74. The summed E-state index contributed by atoms with van der Waals surface area (Å²) in [5.41, 5.74) is 0. The fraction of sp³-hybridized carbons (Fsp3) is 0.800. The second-order valence-corrected chi connectivity index (χ2v) is 5.66. The van der Waals surface area contributed by atoms with E-state index in [1.165, 1.54) is 18.4 Å². The fourth-order valence-corrected chi connectivity index (χ4v) is 1.94. The minimum absolute atomic E-state index is 0.163. The van der Waals surface area contributed by atoms with E-state index in [-0.39, 0.29) is 6.04 Å². The zero-order valence-corrected chi connectivity index (χ0v) is 10.7. The van der Waals surface area contributed by atoms with Gasteiger partial charge in [0.1, 0.15) is 0 Å². The minimum Gasteiger partial charge on any atom is -0.195 e. The Morgan fingerprint density at radius 1 is 1.40 bits per heavy atom. The van der Waals surface area contributed by atoms with Crippen LogP contribution in [0.5, 0.6) is 0 Å². The normalized spacial score (nSPS) is 14.1. The quantitative estimate of drug-likeness (QED) is 0.511. The molecular weight excluding hydrogens is 212 g/mol. The number of hydrogen-bond donors (Lipinski definition) is 1. The molecule has 0 bridgehead atoms. The molecule has 0 aromatic heterocycles. The Hall–Kier alpha value is -0.390. The van der Waals surface area contributed by atoms with Gasteiger partial charge in [0.05, 0.1) is 0 Å². The number of unbranched alkanes of at least 4 members (excludes halogenated alkanes) is 2. The van der Waals surface area contributed by atoms with Crippen molar-refractivity contribution in [2.24, 2.45) is 0 Å². The van der Waals surface area contributed by atoms with Gasteiger partial charge in [0.25, 0.3) is 10.2 Å². The van der Waals surface area contributed by atoms with E-state index in [4.69, 9.17) is 0 Å². The summed E-state index contributed by atoms with van der Waals surface area (Å²) < 4.78 is 26.8. The van der Waals surface area contributed by atoms with Crippen LogP contribution in [-0.2, 0) is 10.2 Å². The molecule has 0 heterocycles. The van der Waals surface area contributed by atoms with Crippen LogP contribution in [0.3, 0.4) is 0 Å². The molecule has 0 saturated heterocycles. The molecule has 0 aromatic carbocycles. The Labute approximate surface area is 93.5 Å². The molecule has 4 nitrogen and oxygen atoms in total. The molecule has 15 heavy (non-hydrogen) atoms. The maximum atomic E-state index is 11.5. The Bertz CT molecular complexity index is 273. The van der Waals surface area contributed by atoms with Crippen LogP contribution in [0.2, 0.25) is 0 Å². The van der Waals surface area contributed by atoms with Crippen molar-refractivity contribution < 1.29 is 8.42 Å². The van der Waals surface area contributed by atoms with Gasteiger partial charge in [-0.2, -0.15) is 17.4 Å². The molecule has 0 fully saturated rings. The second kappa shape index (κ2) is 6.98. The highest BCUT2D eigenvalue weighted by Gasteiger charge is 2.16. The Morgan fingerprint density at radius 2 is 2.00 bits per heavy atom. The highest BCUT2D eigenvalue weighted by molar-refractivity contribution is 7.87. The summed E-state index contributed by atoms with van der Waals surface area (Å²) in [5, 5.41) is 0. The maximum Gasteiger partial charge on any atom is 0.279 e. The standard InChI is InChI=1S/C10H22N2O2S/c1-5-7-8-9-10(6-2)11-15(13,14)12(3)4/h6,10-11H,2,5,7-9H2,1,3-4H3/t10-/m0/s1. The third kappa shape index (κ3) is 5.92. The van der Waals surface area contributed by atoms with Crippen LogP contribution < -0.4 is 4.72 Å². The molecular formula is C10H22N2O2S. The molecule has 90 valence electrons. The average molecular weight is 234 g/mol. The maximum absolute atomic E-state index is 11.5. The molecule has 0 radical (unpaired) electrons. The average Bonchev–Trinajstić information content (AvgIpc) is 2.16. The highest BCUT2D eigenvalue weighted by atomic mass is 32.2. The summed E-state index contributed by atoms with van der Waals surface area (Å²) in [7, 11) is -0.318. The van der Waals surface area contributed by atoms with Crippen molar-refractivity contribution in [2.75, 3.05) is 14.1 Å². The summed E-state index contributed by atoms with van der Waals surface area (Å²) in [4.78, 5) is 0. The zero-order valence-electron chi connectivity index (χ0n) is 9.86. The van der Waals surface area contributed by atoms with Gasteiger partial charge in [-0.25, -0.2) is 0 Å². The fourth-order valence-electron chi connectivity index (χ4n) is 1.14. The zero-order chi connectivity index (χ0) is 11.9. The molecule has 0 unspecified atom stereocenters. The van der Waals surface area contributed by atoms with E-state index >= 15 is 0 Å². The molecule has 0 aliphatic rings. The molecule has 0 spiro atoms. The summed E-state index contributed by atoms with van der Waals surface area (Å²) in [6.07, 6.45) is 5.72. The van der Waals surface area contributed by atoms with E-state index in [0.29, 0.717) is 0 Å². The molecule has 5 heteroatoms. The van der Waals surface area contributed by atoms with E-state index in [1.807, 2.05) is 0 Å². The molecule has 0 aliphatic heterocycles. The monoisotopic (exact) mass is 234 g/mol. The van der Waals surface area contributed by atoms with Crippen molar-refractivity contribution in [3.63, 3.8) is 0 Å². The predicted molar refractivity (Wildman–Crippen MR) is 63.9 cm³/mol. The molecule has 0 saturated carbocycles. The lowest BCUT2D eigenvalue weighted by Crippen LogP contribution is -2.41. The van der Waals surface area contributed by atoms with E-state index in [2.05, 4.69) is 18.2 Å². The third-order valence-electron chi connectivity index (χ3n) is 2.18. The van der Waals surface area contributed by atoms with Gasteiger partial charge >= 0.3 is 0 Å². The van der Waals surface area contributed by atoms with Crippen LogP contribution in [0.15, 0.2) is 12.7 Å². The van der Waals surface area contributed by atoms with Crippen LogP contribution in [0.4, 0.5) is 0 Å². The van der Waals surface area contributed by atoms with Crippen molar-refractivity contribution in [2.45, 2.75) is 38.6 Å². The van der Waals surface area contributed by atoms with E-state index < -0.39 is 10.2 Å². The van der Waals surface area contributed by atoms with Crippen molar-refractivity contribution in [1.82, 2.24) is 9.03 Å². The van der Waals surface area contributed by atoms with Crippen LogP contribution >= 0.6 is 0 Å². The highest BCUT2D eigenvalue weighted by Crippen LogP contribution is 2.05. The molecule has 1 atom stereocenters. The molecule has 0 aromatic rings. The molecule has 0 rings (SSSR count). The van der Waals surface area contributed by atoms with Crippen LogP contribution in [0, 0.1) is 0 Å². The number of nitrogens with zero attached hydrogens (tertiary/aromatic N) is 1. The van der Waals surface area contributed by atoms with Gasteiger partial charge in [0, 0.05) is 20.1 Å². The first-order valence-electron chi connectivity index (χ1n) is 5.26. The minimum atomic E-state index is -3.33. The summed E-state index contributed by atoms with van der Waals surface area (Å²) in [5.74, 6) is 0. The van der Waals surface area contributed by atoms with E-state index in [9.17, 15) is 8.42 Å². The molecule has 0 amide bonds. The first-order chi connectivity index (χ1) is 6.94. The summed E-state index contributed by atoms with van der Waals surface area (Å²) >= 11 is 0. The topological polar surface area (TPSA) is 49.4 Å². The number of nitrogens with one attached hydrogen (secondary N) is 1. The molecule has 1 N–H and O–H groups in total. The van der Waals surface area contributed by atoms with Crippen molar-refractivity contribution in [3.8, 4) is 0 Å². The SMILES string of the molecule is C=C[C@@H](CCCCC)NS(=O)(=O)N(C)C. The lowest BCUT2D eigenvalue weighted by molar-refractivity contribution is 0.488. The van der Waals surface area contributed by atoms with Gasteiger partial charge in [-0.15, -0.1) is 6.58 Å². The first kappa shape index (κ1) is 14.6. The van der Waals surface area contributed by atoms with Crippen molar-refractivity contribution in [1.29, 1.82) is 0 Å². The molecule has 0 aliphatic carbocycles. The Balaban J connectivity index is 4.16. The lowest BCUT2D eigenvalue weighted by Gasteiger charge is -2.18. The Kier molecular flexibility index (Phi) is 6.80. The van der Waals surface area contributed by atoms with Gasteiger partial charge in [0.15, 0.2) is 0 Å². The lowest BCUT2D eigenvalue weighted by atomic mass is 10.1. The van der Waals surface area contributed by atoms with Crippen LogP contribution in [0.1, 0.15) is 32.6 Å². The van der Waals surface area contributed by atoms with Crippen LogP contribution in [-0.4, -0.2) is 32.9 Å². The van der Waals surface area contributed by atoms with Crippen molar-refractivity contribution in [3.05, 3.63) is 12.7 Å².